The number of halogens is 1. The van der Waals surface area contributed by atoms with Crippen molar-refractivity contribution in [1.29, 1.82) is 0 Å². The van der Waals surface area contributed by atoms with Gasteiger partial charge in [-0.1, -0.05) is 19.1 Å². The van der Waals surface area contributed by atoms with Crippen molar-refractivity contribution in [1.82, 2.24) is 19.6 Å². The molecule has 1 aliphatic heterocycles. The first-order valence-electron chi connectivity index (χ1n) is 9.58. The number of nitrogens with one attached hydrogen (secondary N) is 1. The first-order valence-corrected chi connectivity index (χ1v) is 9.58. The van der Waals surface area contributed by atoms with Crippen LogP contribution in [-0.2, 0) is 11.2 Å². The Morgan fingerprint density at radius 2 is 2.04 bits per heavy atom. The zero-order chi connectivity index (χ0) is 19.7. The van der Waals surface area contributed by atoms with Crippen LogP contribution in [0.3, 0.4) is 0 Å². The third-order valence-corrected chi connectivity index (χ3v) is 5.36. The van der Waals surface area contributed by atoms with E-state index in [-0.39, 0.29) is 17.5 Å². The van der Waals surface area contributed by atoms with Gasteiger partial charge in [-0.2, -0.15) is 14.6 Å². The second kappa shape index (κ2) is 7.53. The van der Waals surface area contributed by atoms with E-state index in [1.807, 2.05) is 6.92 Å². The number of hydrogen-bond acceptors (Lipinski definition) is 5. The Kier molecular flexibility index (Phi) is 4.93. The summed E-state index contributed by atoms with van der Waals surface area (Å²) in [6.07, 6.45) is 3.75. The molecule has 0 spiro atoms. The topological polar surface area (TPSA) is 75.4 Å². The van der Waals surface area contributed by atoms with E-state index in [1.54, 1.807) is 22.7 Å². The van der Waals surface area contributed by atoms with Gasteiger partial charge in [-0.25, -0.2) is 9.37 Å². The first kappa shape index (κ1) is 18.3. The van der Waals surface area contributed by atoms with E-state index in [1.165, 1.54) is 12.4 Å². The highest BCUT2D eigenvalue weighted by Crippen LogP contribution is 2.29. The Labute approximate surface area is 162 Å². The molecule has 1 amide bonds. The molecule has 0 unspecified atom stereocenters. The molecule has 0 saturated carbocycles. The van der Waals surface area contributed by atoms with Gasteiger partial charge in [-0.05, 0) is 38.3 Å². The van der Waals surface area contributed by atoms with Gasteiger partial charge in [-0.3, -0.25) is 4.79 Å². The quantitative estimate of drug-likeness (QED) is 0.751. The van der Waals surface area contributed by atoms with Gasteiger partial charge in [0.05, 0.1) is 5.69 Å². The molecule has 0 bridgehead atoms. The summed E-state index contributed by atoms with van der Waals surface area (Å²) in [5.41, 5.74) is 2.34. The Balaban J connectivity index is 1.50. The van der Waals surface area contributed by atoms with E-state index in [0.29, 0.717) is 18.6 Å². The number of anilines is 2. The molecule has 28 heavy (non-hydrogen) atoms. The van der Waals surface area contributed by atoms with Crippen LogP contribution >= 0.6 is 0 Å². The van der Waals surface area contributed by atoms with Gasteiger partial charge in [0.1, 0.15) is 18.0 Å². The number of aromatic nitrogens is 4. The molecule has 3 heterocycles. The lowest BCUT2D eigenvalue weighted by molar-refractivity contribution is -0.120. The summed E-state index contributed by atoms with van der Waals surface area (Å²) in [5, 5.41) is 7.07. The minimum Gasteiger partial charge on any atom is -0.356 e. The van der Waals surface area contributed by atoms with Crippen LogP contribution < -0.4 is 10.2 Å². The summed E-state index contributed by atoms with van der Waals surface area (Å²) in [4.78, 5) is 23.6. The number of carbonyl (C=O) groups excluding carboxylic acids is 1. The highest BCUT2D eigenvalue weighted by molar-refractivity contribution is 5.92. The highest BCUT2D eigenvalue weighted by Gasteiger charge is 2.28. The SMILES string of the molecule is CCc1c(C)nc2ncnn2c1N1CCC(C(=O)Nc2ccccc2F)CC1. The average Bonchev–Trinajstić information content (AvgIpc) is 3.16. The third kappa shape index (κ3) is 3.30. The van der Waals surface area contributed by atoms with Crippen LogP contribution in [0, 0.1) is 18.7 Å². The number of benzene rings is 1. The summed E-state index contributed by atoms with van der Waals surface area (Å²) in [6, 6.07) is 6.25. The van der Waals surface area contributed by atoms with E-state index in [9.17, 15) is 9.18 Å². The molecule has 3 aromatic rings. The molecule has 146 valence electrons. The smallest absolute Gasteiger partial charge is 0.254 e. The lowest BCUT2D eigenvalue weighted by Gasteiger charge is -2.34. The Bertz CT molecular complexity index is 1010. The molecular formula is C20H23FN6O. The Morgan fingerprint density at radius 3 is 2.75 bits per heavy atom. The highest BCUT2D eigenvalue weighted by atomic mass is 19.1. The van der Waals surface area contributed by atoms with Crippen molar-refractivity contribution in [2.75, 3.05) is 23.3 Å². The number of fused-ring (bicyclic) bond motifs is 1. The first-order chi connectivity index (χ1) is 13.6. The molecule has 0 radical (unpaired) electrons. The fourth-order valence-corrected chi connectivity index (χ4v) is 3.86. The number of rotatable bonds is 4. The molecule has 2 aromatic heterocycles. The fraction of sp³-hybridized carbons (Fsp3) is 0.400. The normalized spacial score (nSPS) is 15.2. The Hall–Kier alpha value is -3.03. The number of carbonyl (C=O) groups is 1. The van der Waals surface area contributed by atoms with Crippen molar-refractivity contribution in [2.45, 2.75) is 33.1 Å². The molecule has 4 rings (SSSR count). The van der Waals surface area contributed by atoms with Crippen LogP contribution in [0.25, 0.3) is 5.78 Å². The number of piperidine rings is 1. The summed E-state index contributed by atoms with van der Waals surface area (Å²) < 4.78 is 15.6. The molecule has 0 aliphatic carbocycles. The number of para-hydroxylation sites is 1. The largest absolute Gasteiger partial charge is 0.356 e. The van der Waals surface area contributed by atoms with Crippen molar-refractivity contribution in [3.05, 3.63) is 47.7 Å². The second-order valence-corrected chi connectivity index (χ2v) is 7.06. The van der Waals surface area contributed by atoms with Gasteiger partial charge >= 0.3 is 0 Å². The second-order valence-electron chi connectivity index (χ2n) is 7.06. The molecule has 0 atom stereocenters. The zero-order valence-electron chi connectivity index (χ0n) is 16.0. The molecule has 8 heteroatoms. The fourth-order valence-electron chi connectivity index (χ4n) is 3.86. The molecule has 7 nitrogen and oxygen atoms in total. The molecule has 1 saturated heterocycles. The number of nitrogens with zero attached hydrogens (tertiary/aromatic N) is 5. The van der Waals surface area contributed by atoms with Crippen molar-refractivity contribution < 1.29 is 9.18 Å². The van der Waals surface area contributed by atoms with Crippen LogP contribution in [0.1, 0.15) is 31.0 Å². The lowest BCUT2D eigenvalue weighted by Crippen LogP contribution is -2.39. The van der Waals surface area contributed by atoms with E-state index in [4.69, 9.17) is 0 Å². The van der Waals surface area contributed by atoms with E-state index < -0.39 is 5.82 Å². The third-order valence-electron chi connectivity index (χ3n) is 5.36. The van der Waals surface area contributed by atoms with Crippen LogP contribution in [0.15, 0.2) is 30.6 Å². The van der Waals surface area contributed by atoms with Crippen LogP contribution in [-0.4, -0.2) is 38.6 Å². The summed E-state index contributed by atoms with van der Waals surface area (Å²) in [5.74, 6) is 0.911. The molecule has 1 fully saturated rings. The molecular weight excluding hydrogens is 359 g/mol. The standard InChI is InChI=1S/C20H23FN6O/c1-3-15-13(2)24-20-22-12-23-27(20)19(15)26-10-8-14(9-11-26)18(28)25-17-7-5-4-6-16(17)21/h4-7,12,14H,3,8-11H2,1-2H3,(H,25,28). The van der Waals surface area contributed by atoms with Crippen molar-refractivity contribution in [3.63, 3.8) is 0 Å². The van der Waals surface area contributed by atoms with Gasteiger partial charge < -0.3 is 10.2 Å². The van der Waals surface area contributed by atoms with E-state index in [2.05, 4.69) is 32.2 Å². The molecule has 1 N–H and O–H groups in total. The number of amides is 1. The summed E-state index contributed by atoms with van der Waals surface area (Å²) in [7, 11) is 0. The number of aryl methyl sites for hydroxylation is 1. The van der Waals surface area contributed by atoms with Crippen molar-refractivity contribution in [3.8, 4) is 0 Å². The van der Waals surface area contributed by atoms with Gasteiger partial charge in [0.25, 0.3) is 5.78 Å². The molecule has 1 aliphatic rings. The maximum absolute atomic E-state index is 13.8. The Morgan fingerprint density at radius 1 is 1.29 bits per heavy atom. The van der Waals surface area contributed by atoms with Gasteiger partial charge in [0, 0.05) is 30.3 Å². The molecule has 1 aromatic carbocycles. The van der Waals surface area contributed by atoms with Gasteiger partial charge in [0.2, 0.25) is 5.91 Å². The summed E-state index contributed by atoms with van der Waals surface area (Å²) >= 11 is 0. The van der Waals surface area contributed by atoms with E-state index in [0.717, 1.165) is 36.6 Å². The van der Waals surface area contributed by atoms with Crippen LogP contribution in [0.5, 0.6) is 0 Å². The van der Waals surface area contributed by atoms with Gasteiger partial charge in [0.15, 0.2) is 0 Å². The minimum absolute atomic E-state index is 0.128. The maximum atomic E-state index is 13.8. The average molecular weight is 382 g/mol. The van der Waals surface area contributed by atoms with Gasteiger partial charge in [-0.15, -0.1) is 0 Å². The van der Waals surface area contributed by atoms with Crippen molar-refractivity contribution >= 4 is 23.2 Å². The maximum Gasteiger partial charge on any atom is 0.254 e. The zero-order valence-corrected chi connectivity index (χ0v) is 16.0. The predicted octanol–water partition coefficient (Wildman–Crippen LogP) is 2.99. The monoisotopic (exact) mass is 382 g/mol. The minimum atomic E-state index is -0.415. The van der Waals surface area contributed by atoms with E-state index >= 15 is 0 Å². The van der Waals surface area contributed by atoms with Crippen molar-refractivity contribution in [2.24, 2.45) is 5.92 Å². The predicted molar refractivity (Wildman–Crippen MR) is 105 cm³/mol. The van der Waals surface area contributed by atoms with Crippen LogP contribution in [0.2, 0.25) is 0 Å². The lowest BCUT2D eigenvalue weighted by atomic mass is 9.95. The summed E-state index contributed by atoms with van der Waals surface area (Å²) in [6.45, 7) is 5.54. The number of hydrogen-bond donors (Lipinski definition) is 1. The van der Waals surface area contributed by atoms with Crippen LogP contribution in [0.4, 0.5) is 15.9 Å².